The molecule has 1 saturated heterocycles. The van der Waals surface area contributed by atoms with Gasteiger partial charge >= 0.3 is 12.1 Å². The summed E-state index contributed by atoms with van der Waals surface area (Å²) in [6, 6.07) is 20.2. The van der Waals surface area contributed by atoms with Crippen molar-refractivity contribution in [3.05, 3.63) is 95.2 Å². The maximum Gasteiger partial charge on any atom is 0.393 e. The molecule has 188 valence electrons. The van der Waals surface area contributed by atoms with Gasteiger partial charge in [0.25, 0.3) is 0 Å². The van der Waals surface area contributed by atoms with E-state index in [-0.39, 0.29) is 18.5 Å². The maximum absolute atomic E-state index is 13.1. The van der Waals surface area contributed by atoms with E-state index in [0.29, 0.717) is 30.6 Å². The number of fused-ring (bicyclic) bond motifs is 1. The van der Waals surface area contributed by atoms with Gasteiger partial charge in [-0.3, -0.25) is 4.90 Å². The zero-order chi connectivity index (χ0) is 26.0. The van der Waals surface area contributed by atoms with Gasteiger partial charge in [-0.15, -0.1) is 0 Å². The molecule has 4 nitrogen and oxygen atoms in total. The van der Waals surface area contributed by atoms with Gasteiger partial charge < -0.3 is 10.1 Å². The number of alkyl halides is 3. The molecule has 4 aromatic rings. The van der Waals surface area contributed by atoms with E-state index in [1.54, 1.807) is 18.2 Å². The lowest BCUT2D eigenvalue weighted by atomic mass is 9.93. The molecule has 0 spiro atoms. The van der Waals surface area contributed by atoms with Crippen molar-refractivity contribution in [2.45, 2.75) is 25.6 Å². The third-order valence-electron chi connectivity index (χ3n) is 6.81. The van der Waals surface area contributed by atoms with Crippen molar-refractivity contribution in [1.29, 1.82) is 0 Å². The van der Waals surface area contributed by atoms with E-state index in [2.05, 4.69) is 16.8 Å². The number of hydrogen-bond acceptors (Lipinski definition) is 2. The highest BCUT2D eigenvalue weighted by molar-refractivity contribution is 5.99. The summed E-state index contributed by atoms with van der Waals surface area (Å²) < 4.78 is 39.3. The third kappa shape index (κ3) is 5.55. The number of carbonyl (C=O) groups is 1. The molecule has 3 aromatic carbocycles. The van der Waals surface area contributed by atoms with E-state index in [1.165, 1.54) is 0 Å². The lowest BCUT2D eigenvalue weighted by molar-refractivity contribution is -0.187. The van der Waals surface area contributed by atoms with Gasteiger partial charge in [-0.05, 0) is 72.3 Å². The maximum atomic E-state index is 13.1. The van der Waals surface area contributed by atoms with Crippen LogP contribution in [0.15, 0.2) is 72.9 Å². The van der Waals surface area contributed by atoms with Crippen LogP contribution in [0.5, 0.6) is 0 Å². The van der Waals surface area contributed by atoms with Crippen LogP contribution < -0.4 is 0 Å². The number of aromatic amines is 1. The van der Waals surface area contributed by atoms with E-state index in [1.807, 2.05) is 59.6 Å². The smallest absolute Gasteiger partial charge is 0.393 e. The zero-order valence-corrected chi connectivity index (χ0v) is 20.0. The molecule has 0 bridgehead atoms. The number of halogens is 3. The first-order valence-corrected chi connectivity index (χ1v) is 12.1. The molecule has 2 N–H and O–H groups in total. The second kappa shape index (κ2) is 10.2. The molecular formula is C30H25F3N2O2. The number of aromatic nitrogens is 1. The van der Waals surface area contributed by atoms with Crippen LogP contribution in [0.25, 0.3) is 22.0 Å². The SMILES string of the molecule is O=C(O)c1cccc(C#Cc2ccc(CN3CCCC(C(F)(F)F)C3)cc2)c1-c1ccc2cc[nH]c2c1. The summed E-state index contributed by atoms with van der Waals surface area (Å²) in [4.78, 5) is 17.0. The number of rotatable bonds is 4. The van der Waals surface area contributed by atoms with E-state index < -0.39 is 18.1 Å². The summed E-state index contributed by atoms with van der Waals surface area (Å²) in [5.74, 6) is 3.95. The number of benzene rings is 3. The number of aromatic carboxylic acids is 1. The summed E-state index contributed by atoms with van der Waals surface area (Å²) >= 11 is 0. The van der Waals surface area contributed by atoms with Crippen LogP contribution in [0.3, 0.4) is 0 Å². The first kappa shape index (κ1) is 24.7. The van der Waals surface area contributed by atoms with Gasteiger partial charge in [-0.2, -0.15) is 13.2 Å². The fraction of sp³-hybridized carbons (Fsp3) is 0.233. The molecule has 1 unspecified atom stereocenters. The summed E-state index contributed by atoms with van der Waals surface area (Å²) in [5, 5.41) is 10.8. The number of nitrogens with zero attached hydrogens (tertiary/aromatic N) is 1. The summed E-state index contributed by atoms with van der Waals surface area (Å²) in [5.41, 5.74) is 4.66. The quantitative estimate of drug-likeness (QED) is 0.305. The second-order valence-electron chi connectivity index (χ2n) is 9.38. The Bertz CT molecular complexity index is 1490. The van der Waals surface area contributed by atoms with Gasteiger partial charge in [0.2, 0.25) is 0 Å². The molecule has 0 aliphatic carbocycles. The minimum atomic E-state index is -4.15. The Morgan fingerprint density at radius 2 is 1.86 bits per heavy atom. The number of piperidine rings is 1. The molecule has 37 heavy (non-hydrogen) atoms. The lowest BCUT2D eigenvalue weighted by Gasteiger charge is -2.33. The molecule has 2 heterocycles. The summed E-state index contributed by atoms with van der Waals surface area (Å²) in [7, 11) is 0. The number of likely N-dealkylation sites (tertiary alicyclic amines) is 1. The third-order valence-corrected chi connectivity index (χ3v) is 6.81. The molecule has 0 saturated carbocycles. The van der Waals surface area contributed by atoms with Crippen molar-refractivity contribution < 1.29 is 23.1 Å². The van der Waals surface area contributed by atoms with Crippen molar-refractivity contribution in [2.24, 2.45) is 5.92 Å². The second-order valence-corrected chi connectivity index (χ2v) is 9.38. The van der Waals surface area contributed by atoms with Crippen molar-refractivity contribution in [2.75, 3.05) is 13.1 Å². The predicted octanol–water partition coefficient (Wildman–Crippen LogP) is 6.71. The van der Waals surface area contributed by atoms with Gasteiger partial charge in [-0.25, -0.2) is 4.79 Å². The number of carboxylic acid groups (broad SMARTS) is 1. The Morgan fingerprint density at radius 1 is 1.05 bits per heavy atom. The molecular weight excluding hydrogens is 477 g/mol. The molecule has 1 atom stereocenters. The van der Waals surface area contributed by atoms with Gasteiger partial charge in [0.1, 0.15) is 0 Å². The van der Waals surface area contributed by atoms with E-state index in [4.69, 9.17) is 0 Å². The van der Waals surface area contributed by atoms with Crippen LogP contribution in [0.1, 0.15) is 39.9 Å². The van der Waals surface area contributed by atoms with Crippen molar-refractivity contribution in [1.82, 2.24) is 9.88 Å². The minimum absolute atomic E-state index is 0.0298. The highest BCUT2D eigenvalue weighted by Crippen LogP contribution is 2.34. The van der Waals surface area contributed by atoms with Crippen molar-refractivity contribution >= 4 is 16.9 Å². The van der Waals surface area contributed by atoms with Gasteiger partial charge in [0, 0.05) is 41.5 Å². The lowest BCUT2D eigenvalue weighted by Crippen LogP contribution is -2.41. The molecule has 1 aromatic heterocycles. The number of nitrogens with one attached hydrogen (secondary N) is 1. The minimum Gasteiger partial charge on any atom is -0.478 e. The molecule has 1 aliphatic heterocycles. The summed E-state index contributed by atoms with van der Waals surface area (Å²) in [6.45, 7) is 1.15. The zero-order valence-electron chi connectivity index (χ0n) is 20.0. The van der Waals surface area contributed by atoms with Crippen LogP contribution in [0.4, 0.5) is 13.2 Å². The van der Waals surface area contributed by atoms with E-state index in [0.717, 1.165) is 27.6 Å². The van der Waals surface area contributed by atoms with Gasteiger partial charge in [0.15, 0.2) is 0 Å². The normalized spacial score (nSPS) is 16.4. The molecule has 0 radical (unpaired) electrons. The Kier molecular flexibility index (Phi) is 6.77. The van der Waals surface area contributed by atoms with Crippen LogP contribution in [0, 0.1) is 17.8 Å². The Labute approximate surface area is 212 Å². The summed E-state index contributed by atoms with van der Waals surface area (Å²) in [6.07, 6.45) is -1.58. The molecule has 7 heteroatoms. The average molecular weight is 503 g/mol. The molecule has 5 rings (SSSR count). The van der Waals surface area contributed by atoms with Crippen molar-refractivity contribution in [3.63, 3.8) is 0 Å². The predicted molar refractivity (Wildman–Crippen MR) is 137 cm³/mol. The van der Waals surface area contributed by atoms with Crippen molar-refractivity contribution in [3.8, 4) is 23.0 Å². The van der Waals surface area contributed by atoms with E-state index >= 15 is 0 Å². The molecule has 1 aliphatic rings. The fourth-order valence-electron chi connectivity index (χ4n) is 4.91. The Balaban J connectivity index is 1.38. The monoisotopic (exact) mass is 502 g/mol. The molecule has 0 amide bonds. The Hall–Kier alpha value is -4.02. The fourth-order valence-corrected chi connectivity index (χ4v) is 4.91. The topological polar surface area (TPSA) is 56.3 Å². The first-order valence-electron chi connectivity index (χ1n) is 12.1. The van der Waals surface area contributed by atoms with Gasteiger partial charge in [0.05, 0.1) is 11.5 Å². The van der Waals surface area contributed by atoms with Crippen LogP contribution in [-0.4, -0.2) is 40.2 Å². The average Bonchev–Trinajstić information content (AvgIpc) is 3.36. The first-order chi connectivity index (χ1) is 17.8. The van der Waals surface area contributed by atoms with E-state index in [9.17, 15) is 23.1 Å². The van der Waals surface area contributed by atoms with Gasteiger partial charge in [-0.1, -0.05) is 42.2 Å². The van der Waals surface area contributed by atoms with Crippen LogP contribution >= 0.6 is 0 Å². The number of hydrogen-bond donors (Lipinski definition) is 2. The number of H-pyrrole nitrogens is 1. The standard InChI is InChI=1S/C30H25F3N2O2/c31-30(32,33)25-4-2-16-35(19-25)18-21-8-6-20(7-9-21)10-11-23-3-1-5-26(29(36)37)28(23)24-13-12-22-14-15-34-27(22)17-24/h1,3,5-9,12-15,17,25,34H,2,4,16,18-19H2,(H,36,37). The highest BCUT2D eigenvalue weighted by Gasteiger charge is 2.41. The highest BCUT2D eigenvalue weighted by atomic mass is 19.4. The van der Waals surface area contributed by atoms with Crippen LogP contribution in [0.2, 0.25) is 0 Å². The Morgan fingerprint density at radius 3 is 2.62 bits per heavy atom. The molecule has 1 fully saturated rings. The number of carboxylic acids is 1. The van der Waals surface area contributed by atoms with Crippen LogP contribution in [-0.2, 0) is 6.54 Å². The largest absolute Gasteiger partial charge is 0.478 e.